The lowest BCUT2D eigenvalue weighted by Gasteiger charge is -2.32. The molecule has 192 valence electrons. The van der Waals surface area contributed by atoms with Crippen molar-refractivity contribution in [3.63, 3.8) is 0 Å². The van der Waals surface area contributed by atoms with Crippen LogP contribution in [0.3, 0.4) is 0 Å². The Morgan fingerprint density at radius 3 is 2.51 bits per heavy atom. The van der Waals surface area contributed by atoms with Gasteiger partial charge in [-0.3, -0.25) is 9.78 Å². The number of alkyl halides is 3. The van der Waals surface area contributed by atoms with E-state index in [2.05, 4.69) is 10.3 Å². The minimum absolute atomic E-state index is 0.0425. The van der Waals surface area contributed by atoms with Crippen molar-refractivity contribution in [3.05, 3.63) is 53.1 Å². The predicted octanol–water partition coefficient (Wildman–Crippen LogP) is 4.03. The van der Waals surface area contributed by atoms with Crippen molar-refractivity contribution in [1.29, 1.82) is 0 Å². The molecule has 1 amide bonds. The Morgan fingerprint density at radius 2 is 1.94 bits per heavy atom. The van der Waals surface area contributed by atoms with Gasteiger partial charge in [-0.15, -0.1) is 0 Å². The molecule has 1 saturated heterocycles. The van der Waals surface area contributed by atoms with E-state index in [4.69, 9.17) is 9.47 Å². The number of hydrogen-bond acceptors (Lipinski definition) is 6. The number of ether oxygens (including phenoxy) is 2. The van der Waals surface area contributed by atoms with Crippen molar-refractivity contribution < 1.29 is 42.0 Å². The van der Waals surface area contributed by atoms with Crippen molar-refractivity contribution in [1.82, 2.24) is 4.98 Å². The van der Waals surface area contributed by atoms with Crippen LogP contribution in [0, 0.1) is 18.7 Å². The highest BCUT2D eigenvalue weighted by Crippen LogP contribution is 2.55. The maximum Gasteiger partial charge on any atom is 0.417 e. The molecule has 1 aliphatic heterocycles. The second kappa shape index (κ2) is 9.71. The topological polar surface area (TPSA) is 101 Å². The summed E-state index contributed by atoms with van der Waals surface area (Å²) < 4.78 is 67.1. The number of halogens is 4. The normalized spacial score (nSPS) is 26.3. The Hall–Kier alpha value is -2.76. The molecule has 11 heteroatoms. The van der Waals surface area contributed by atoms with Crippen LogP contribution in [-0.4, -0.2) is 52.2 Å². The van der Waals surface area contributed by atoms with Crippen LogP contribution in [0.5, 0.6) is 5.75 Å². The Balaban J connectivity index is 2.04. The monoisotopic (exact) mass is 500 g/mol. The number of hydrogen-bond donors (Lipinski definition) is 3. The quantitative estimate of drug-likeness (QED) is 0.518. The number of methoxy groups -OCH3 is 1. The van der Waals surface area contributed by atoms with E-state index in [1.165, 1.54) is 52.3 Å². The van der Waals surface area contributed by atoms with Crippen molar-refractivity contribution in [2.24, 2.45) is 5.92 Å². The molecule has 1 aliphatic rings. The van der Waals surface area contributed by atoms with Gasteiger partial charge in [0.1, 0.15) is 23.8 Å². The summed E-state index contributed by atoms with van der Waals surface area (Å²) in [4.78, 5) is 17.2. The largest absolute Gasteiger partial charge is 0.496 e. The van der Waals surface area contributed by atoms with Gasteiger partial charge in [-0.1, -0.05) is 13.0 Å². The second-order valence-corrected chi connectivity index (χ2v) is 8.90. The number of nitrogens with one attached hydrogen (secondary N) is 1. The van der Waals surface area contributed by atoms with Crippen molar-refractivity contribution in [3.8, 4) is 5.75 Å². The molecule has 0 radical (unpaired) electrons. The summed E-state index contributed by atoms with van der Waals surface area (Å²) in [5.74, 6) is -3.79. The van der Waals surface area contributed by atoms with Gasteiger partial charge in [0.05, 0.1) is 18.9 Å². The number of rotatable bonds is 6. The van der Waals surface area contributed by atoms with Crippen LogP contribution < -0.4 is 10.1 Å². The van der Waals surface area contributed by atoms with E-state index in [1.807, 2.05) is 0 Å². The number of amides is 1. The molecule has 1 fully saturated rings. The average Bonchev–Trinajstić information content (AvgIpc) is 3.07. The molecule has 3 N–H and O–H groups in total. The van der Waals surface area contributed by atoms with Crippen LogP contribution in [0.2, 0.25) is 0 Å². The number of benzene rings is 1. The first-order chi connectivity index (χ1) is 16.2. The number of nitrogens with zero attached hydrogens (tertiary/aromatic N) is 1. The number of aliphatic hydroxyl groups excluding tert-OH is 2. The van der Waals surface area contributed by atoms with Gasteiger partial charge in [-0.25, -0.2) is 4.39 Å². The lowest BCUT2D eigenvalue weighted by molar-refractivity contribution is -0.272. The zero-order valence-corrected chi connectivity index (χ0v) is 19.9. The van der Waals surface area contributed by atoms with Crippen LogP contribution >= 0.6 is 0 Å². The molecule has 1 aromatic carbocycles. The predicted molar refractivity (Wildman–Crippen MR) is 118 cm³/mol. The summed E-state index contributed by atoms with van der Waals surface area (Å²) in [6.45, 7) is 4.99. The molecule has 1 aromatic heterocycles. The van der Waals surface area contributed by atoms with Crippen LogP contribution in [-0.2, 0) is 9.53 Å². The summed E-state index contributed by atoms with van der Waals surface area (Å²) in [6, 6.07) is 5.10. The molecular weight excluding hydrogens is 472 g/mol. The highest BCUT2D eigenvalue weighted by molar-refractivity contribution is 5.95. The Morgan fingerprint density at radius 1 is 1.29 bits per heavy atom. The van der Waals surface area contributed by atoms with E-state index in [1.54, 1.807) is 0 Å². The first-order valence-electron chi connectivity index (χ1n) is 10.9. The van der Waals surface area contributed by atoms with E-state index in [9.17, 15) is 32.6 Å². The number of aromatic nitrogens is 1. The third-order valence-electron chi connectivity index (χ3n) is 6.67. The van der Waals surface area contributed by atoms with Crippen molar-refractivity contribution in [2.75, 3.05) is 12.4 Å². The third-order valence-corrected chi connectivity index (χ3v) is 6.67. The molecule has 3 rings (SSSR count). The highest BCUT2D eigenvalue weighted by Gasteiger charge is 2.65. The molecular formula is C24H28F4N2O5. The van der Waals surface area contributed by atoms with Gasteiger partial charge in [0.25, 0.3) is 5.91 Å². The van der Waals surface area contributed by atoms with Gasteiger partial charge >= 0.3 is 6.18 Å². The molecule has 2 heterocycles. The smallest absolute Gasteiger partial charge is 0.417 e. The second-order valence-electron chi connectivity index (χ2n) is 8.90. The van der Waals surface area contributed by atoms with Gasteiger partial charge in [0.15, 0.2) is 5.60 Å². The molecule has 0 aliphatic carbocycles. The van der Waals surface area contributed by atoms with Gasteiger partial charge in [-0.2, -0.15) is 13.2 Å². The number of carbonyl (C=O) groups excluding carboxylic acids is 1. The molecule has 7 nitrogen and oxygen atoms in total. The molecule has 0 bridgehead atoms. The number of aliphatic hydroxyl groups is 2. The summed E-state index contributed by atoms with van der Waals surface area (Å²) in [5.41, 5.74) is -2.16. The molecule has 0 unspecified atom stereocenters. The minimum atomic E-state index is -4.80. The first-order valence-corrected chi connectivity index (χ1v) is 10.9. The summed E-state index contributed by atoms with van der Waals surface area (Å²) in [7, 11) is 1.27. The van der Waals surface area contributed by atoms with E-state index >= 15 is 0 Å². The van der Waals surface area contributed by atoms with E-state index < -0.39 is 53.6 Å². The fourth-order valence-electron chi connectivity index (χ4n) is 4.39. The van der Waals surface area contributed by atoms with Gasteiger partial charge < -0.3 is 25.0 Å². The Labute approximate surface area is 200 Å². The van der Waals surface area contributed by atoms with Crippen LogP contribution in [0.1, 0.15) is 49.6 Å². The zero-order chi connectivity index (χ0) is 26.3. The Bertz CT molecular complexity index is 1090. The van der Waals surface area contributed by atoms with Gasteiger partial charge in [-0.05, 0) is 39.0 Å². The maximum absolute atomic E-state index is 14.2. The molecule has 2 aromatic rings. The SMILES string of the molecule is COc1c([C@@H]2[C@@H](C(=O)Nc3ccnc([C@H](O)[C@@H](C)O)c3)O[C@](C)(C(F)(F)F)[C@@H]2C)ccc(F)c1C. The third kappa shape index (κ3) is 4.85. The maximum atomic E-state index is 14.2. The van der Waals surface area contributed by atoms with E-state index in [0.717, 1.165) is 13.0 Å². The average molecular weight is 500 g/mol. The highest BCUT2D eigenvalue weighted by atomic mass is 19.4. The zero-order valence-electron chi connectivity index (χ0n) is 19.9. The van der Waals surface area contributed by atoms with E-state index in [0.29, 0.717) is 0 Å². The molecule has 0 saturated carbocycles. The number of carbonyl (C=O) groups is 1. The van der Waals surface area contributed by atoms with Crippen LogP contribution in [0.15, 0.2) is 30.5 Å². The fraction of sp³-hybridized carbons (Fsp3) is 0.500. The van der Waals surface area contributed by atoms with Gasteiger partial charge in [0.2, 0.25) is 0 Å². The standard InChI is InChI=1S/C24H28F4N2O5/c1-11-16(25)7-6-15(20(11)34-5)18-12(2)23(4,24(26,27)28)35-21(18)22(33)30-14-8-9-29-17(10-14)19(32)13(3)31/h6-10,12-13,18-19,21,31-32H,1-5H3,(H,29,30,33)/t12-,13-,18-,19-,21+,23+/m1/s1. The minimum Gasteiger partial charge on any atom is -0.496 e. The summed E-state index contributed by atoms with van der Waals surface area (Å²) in [6.07, 6.45) is -7.60. The summed E-state index contributed by atoms with van der Waals surface area (Å²) in [5, 5.41) is 22.1. The molecule has 6 atom stereocenters. The molecule has 35 heavy (non-hydrogen) atoms. The van der Waals surface area contributed by atoms with E-state index in [-0.39, 0.29) is 28.3 Å². The van der Waals surface area contributed by atoms with Crippen LogP contribution in [0.25, 0.3) is 0 Å². The van der Waals surface area contributed by atoms with Crippen molar-refractivity contribution >= 4 is 11.6 Å². The number of pyridine rings is 1. The molecule has 0 spiro atoms. The fourth-order valence-corrected chi connectivity index (χ4v) is 4.39. The lowest BCUT2D eigenvalue weighted by atomic mass is 9.76. The van der Waals surface area contributed by atoms with Crippen molar-refractivity contribution in [2.45, 2.75) is 63.7 Å². The first kappa shape index (κ1) is 26.8. The number of anilines is 1. The van der Waals surface area contributed by atoms with Crippen LogP contribution in [0.4, 0.5) is 23.2 Å². The Kier molecular flexibility index (Phi) is 7.45. The summed E-state index contributed by atoms with van der Waals surface area (Å²) >= 11 is 0. The lowest BCUT2D eigenvalue weighted by Crippen LogP contribution is -2.47. The van der Waals surface area contributed by atoms with Gasteiger partial charge in [0, 0.05) is 34.8 Å².